The minimum absolute atomic E-state index is 0.243. The number of hydrogen-bond donors (Lipinski definition) is 0. The van der Waals surface area contributed by atoms with Gasteiger partial charge in [0.25, 0.3) is 0 Å². The third kappa shape index (κ3) is 3.17. The van der Waals surface area contributed by atoms with Gasteiger partial charge in [0.15, 0.2) is 0 Å². The lowest BCUT2D eigenvalue weighted by molar-refractivity contribution is 0.176. The van der Waals surface area contributed by atoms with Gasteiger partial charge in [0.2, 0.25) is 10.0 Å². The summed E-state index contributed by atoms with van der Waals surface area (Å²) in [6, 6.07) is 7.73. The first-order valence-electron chi connectivity index (χ1n) is 6.28. The highest BCUT2D eigenvalue weighted by atomic mass is 32.2. The third-order valence-electron chi connectivity index (χ3n) is 3.21. The van der Waals surface area contributed by atoms with Crippen molar-refractivity contribution in [2.75, 3.05) is 26.5 Å². The molecule has 7 heteroatoms. The van der Waals surface area contributed by atoms with Crippen LogP contribution in [0.25, 0.3) is 11.0 Å². The summed E-state index contributed by atoms with van der Waals surface area (Å²) in [6.45, 7) is 0.920. The van der Waals surface area contributed by atoms with E-state index in [0.29, 0.717) is 19.0 Å². The zero-order chi connectivity index (χ0) is 14.8. The highest BCUT2D eigenvalue weighted by Gasteiger charge is 2.19. The quantitative estimate of drug-likeness (QED) is 0.797. The average molecular weight is 297 g/mol. The number of ether oxygens (including phenoxy) is 1. The van der Waals surface area contributed by atoms with Crippen LogP contribution in [0.1, 0.15) is 5.82 Å². The number of aromatic nitrogens is 2. The molecule has 2 rings (SSSR count). The zero-order valence-corrected chi connectivity index (χ0v) is 12.7. The average Bonchev–Trinajstić information content (AvgIpc) is 2.70. The van der Waals surface area contributed by atoms with Gasteiger partial charge in [-0.1, -0.05) is 12.1 Å². The monoisotopic (exact) mass is 297 g/mol. The van der Waals surface area contributed by atoms with Crippen molar-refractivity contribution in [2.45, 2.75) is 6.54 Å². The summed E-state index contributed by atoms with van der Waals surface area (Å²) in [5.41, 5.74) is 1.85. The molecule has 0 atom stereocenters. The van der Waals surface area contributed by atoms with Gasteiger partial charge >= 0.3 is 0 Å². The van der Waals surface area contributed by atoms with Crippen molar-refractivity contribution in [1.82, 2.24) is 13.9 Å². The molecule has 0 unspecified atom stereocenters. The van der Waals surface area contributed by atoms with Crippen molar-refractivity contribution in [3.8, 4) is 0 Å². The summed E-state index contributed by atoms with van der Waals surface area (Å²) in [6.07, 6.45) is 1.20. The van der Waals surface area contributed by atoms with Gasteiger partial charge < -0.3 is 9.30 Å². The Kier molecular flexibility index (Phi) is 4.42. The maximum atomic E-state index is 11.8. The van der Waals surface area contributed by atoms with Gasteiger partial charge in [-0.2, -0.15) is 4.31 Å². The highest BCUT2D eigenvalue weighted by molar-refractivity contribution is 7.88. The molecular weight excluding hydrogens is 278 g/mol. The van der Waals surface area contributed by atoms with Crippen LogP contribution in [0.15, 0.2) is 24.3 Å². The number of sulfonamides is 1. The number of para-hydroxylation sites is 2. The summed E-state index contributed by atoms with van der Waals surface area (Å²) >= 11 is 0. The third-order valence-corrected chi connectivity index (χ3v) is 4.46. The summed E-state index contributed by atoms with van der Waals surface area (Å²) in [7, 11) is 0.152. The molecule has 2 aromatic rings. The molecule has 110 valence electrons. The van der Waals surface area contributed by atoms with E-state index < -0.39 is 10.0 Å². The smallest absolute Gasteiger partial charge is 0.211 e. The maximum Gasteiger partial charge on any atom is 0.211 e. The van der Waals surface area contributed by atoms with Crippen molar-refractivity contribution >= 4 is 21.1 Å². The first-order chi connectivity index (χ1) is 9.43. The molecule has 0 saturated heterocycles. The molecule has 0 radical (unpaired) electrons. The fourth-order valence-corrected chi connectivity index (χ4v) is 2.81. The molecule has 0 aliphatic heterocycles. The Labute approximate surface area is 119 Å². The van der Waals surface area contributed by atoms with Crippen molar-refractivity contribution < 1.29 is 13.2 Å². The molecule has 0 aliphatic carbocycles. The molecule has 0 N–H and O–H groups in total. The topological polar surface area (TPSA) is 64.4 Å². The van der Waals surface area contributed by atoms with Crippen LogP contribution in [0.2, 0.25) is 0 Å². The Morgan fingerprint density at radius 3 is 2.65 bits per heavy atom. The van der Waals surface area contributed by atoms with E-state index >= 15 is 0 Å². The van der Waals surface area contributed by atoms with Crippen LogP contribution in [0, 0.1) is 0 Å². The number of rotatable bonds is 6. The van der Waals surface area contributed by atoms with Gasteiger partial charge in [-0.15, -0.1) is 0 Å². The first kappa shape index (κ1) is 15.0. The number of fused-ring (bicyclic) bond motifs is 1. The second-order valence-corrected chi connectivity index (χ2v) is 6.65. The second-order valence-electron chi connectivity index (χ2n) is 4.67. The van der Waals surface area contributed by atoms with Crippen molar-refractivity contribution in [3.05, 3.63) is 30.1 Å². The molecule has 1 aromatic heterocycles. The summed E-state index contributed by atoms with van der Waals surface area (Å²) in [5.74, 6) is 0.715. The fourth-order valence-electron chi connectivity index (χ4n) is 2.05. The van der Waals surface area contributed by atoms with Crippen LogP contribution in [0.5, 0.6) is 0 Å². The molecule has 0 fully saturated rings. The number of nitrogens with zero attached hydrogens (tertiary/aromatic N) is 3. The Morgan fingerprint density at radius 1 is 1.35 bits per heavy atom. The Bertz CT molecular complexity index is 694. The molecular formula is C13H19N3O3S. The number of hydrogen-bond acceptors (Lipinski definition) is 4. The van der Waals surface area contributed by atoms with Crippen LogP contribution in [-0.2, 0) is 28.4 Å². The summed E-state index contributed by atoms with van der Waals surface area (Å²) in [5, 5.41) is 0. The summed E-state index contributed by atoms with van der Waals surface area (Å²) in [4.78, 5) is 4.49. The SMILES string of the molecule is COCCN(Cc1nc2ccccc2n1C)S(C)(=O)=O. The minimum Gasteiger partial charge on any atom is -0.383 e. The molecule has 20 heavy (non-hydrogen) atoms. The van der Waals surface area contributed by atoms with Gasteiger partial charge in [-0.25, -0.2) is 13.4 Å². The van der Waals surface area contributed by atoms with Gasteiger partial charge in [-0.05, 0) is 12.1 Å². The van der Waals surface area contributed by atoms with Crippen LogP contribution in [0.4, 0.5) is 0 Å². The van der Waals surface area contributed by atoms with E-state index in [0.717, 1.165) is 11.0 Å². The predicted molar refractivity (Wildman–Crippen MR) is 77.8 cm³/mol. The van der Waals surface area contributed by atoms with Crippen LogP contribution >= 0.6 is 0 Å². The highest BCUT2D eigenvalue weighted by Crippen LogP contribution is 2.16. The van der Waals surface area contributed by atoms with E-state index in [1.54, 1.807) is 7.11 Å². The van der Waals surface area contributed by atoms with E-state index in [4.69, 9.17) is 4.74 Å². The Balaban J connectivity index is 2.31. The minimum atomic E-state index is -3.29. The molecule has 6 nitrogen and oxygen atoms in total. The normalized spacial score (nSPS) is 12.4. The predicted octanol–water partition coefficient (Wildman–Crippen LogP) is 0.981. The van der Waals surface area contributed by atoms with Crippen molar-refractivity contribution in [1.29, 1.82) is 0 Å². The standard InChI is InChI=1S/C13H19N3O3S/c1-15-12-7-5-4-6-11(12)14-13(15)10-16(8-9-19-2)20(3,17)18/h4-7H,8-10H2,1-3H3. The second kappa shape index (κ2) is 5.90. The zero-order valence-electron chi connectivity index (χ0n) is 11.9. The fraction of sp³-hybridized carbons (Fsp3) is 0.462. The maximum absolute atomic E-state index is 11.8. The molecule has 0 aliphatic rings. The van der Waals surface area contributed by atoms with E-state index in [2.05, 4.69) is 4.98 Å². The van der Waals surface area contributed by atoms with Gasteiger partial charge in [-0.3, -0.25) is 0 Å². The van der Waals surface area contributed by atoms with E-state index in [1.165, 1.54) is 10.6 Å². The molecule has 0 saturated carbocycles. The lowest BCUT2D eigenvalue weighted by atomic mass is 10.3. The number of aryl methyl sites for hydroxylation is 1. The van der Waals surface area contributed by atoms with Crippen LogP contribution < -0.4 is 0 Å². The molecule has 1 aromatic carbocycles. The number of methoxy groups -OCH3 is 1. The van der Waals surface area contributed by atoms with Crippen LogP contribution in [0.3, 0.4) is 0 Å². The van der Waals surface area contributed by atoms with Crippen LogP contribution in [-0.4, -0.2) is 48.8 Å². The van der Waals surface area contributed by atoms with Crippen molar-refractivity contribution in [2.24, 2.45) is 7.05 Å². The van der Waals surface area contributed by atoms with E-state index in [1.807, 2.05) is 35.9 Å². The molecule has 1 heterocycles. The first-order valence-corrected chi connectivity index (χ1v) is 8.12. The lowest BCUT2D eigenvalue weighted by Crippen LogP contribution is -2.33. The Morgan fingerprint density at radius 2 is 2.05 bits per heavy atom. The van der Waals surface area contributed by atoms with Gasteiger partial charge in [0, 0.05) is 20.7 Å². The lowest BCUT2D eigenvalue weighted by Gasteiger charge is -2.19. The Hall–Kier alpha value is -1.44. The largest absolute Gasteiger partial charge is 0.383 e. The van der Waals surface area contributed by atoms with E-state index in [-0.39, 0.29) is 6.54 Å². The number of imidazole rings is 1. The molecule has 0 spiro atoms. The van der Waals surface area contributed by atoms with Gasteiger partial charge in [0.05, 0.1) is 30.4 Å². The van der Waals surface area contributed by atoms with Crippen molar-refractivity contribution in [3.63, 3.8) is 0 Å². The summed E-state index contributed by atoms with van der Waals surface area (Å²) < 4.78 is 31.9. The van der Waals surface area contributed by atoms with E-state index in [9.17, 15) is 8.42 Å². The number of benzene rings is 1. The van der Waals surface area contributed by atoms with Gasteiger partial charge in [0.1, 0.15) is 5.82 Å². The molecule has 0 amide bonds. The molecule has 0 bridgehead atoms.